The minimum absolute atomic E-state index is 0.429. The highest BCUT2D eigenvalue weighted by atomic mass is 16.5. The summed E-state index contributed by atoms with van der Waals surface area (Å²) in [5, 5.41) is 4.35. The van der Waals surface area contributed by atoms with Crippen molar-refractivity contribution in [1.82, 2.24) is 9.97 Å². The van der Waals surface area contributed by atoms with E-state index in [-0.39, 0.29) is 0 Å². The van der Waals surface area contributed by atoms with Crippen LogP contribution in [0.1, 0.15) is 5.56 Å². The average molecular weight is 424 g/mol. The largest absolute Gasteiger partial charge is 0.497 e. The van der Waals surface area contributed by atoms with E-state index in [1.165, 1.54) is 0 Å². The van der Waals surface area contributed by atoms with Gasteiger partial charge in [-0.1, -0.05) is 42.5 Å². The Hall–Kier alpha value is -4.19. The molecule has 0 saturated carbocycles. The first-order valence-electron chi connectivity index (χ1n) is 10.3. The molecule has 4 rings (SSSR count). The van der Waals surface area contributed by atoms with Gasteiger partial charge in [0.2, 0.25) is 5.95 Å². The molecule has 160 valence electrons. The molecule has 0 unspecified atom stereocenters. The van der Waals surface area contributed by atoms with Crippen molar-refractivity contribution in [2.45, 2.75) is 0 Å². The molecule has 0 amide bonds. The lowest BCUT2D eigenvalue weighted by atomic mass is 10.1. The molecule has 1 aromatic heterocycles. The molecule has 0 aliphatic rings. The highest BCUT2D eigenvalue weighted by molar-refractivity contribution is 5.81. The van der Waals surface area contributed by atoms with Crippen molar-refractivity contribution in [2.75, 3.05) is 31.5 Å². The summed E-state index contributed by atoms with van der Waals surface area (Å²) in [4.78, 5) is 11.4. The number of nitrogens with zero attached hydrogens (tertiary/aromatic N) is 4. The first kappa shape index (κ1) is 21.1. The summed E-state index contributed by atoms with van der Waals surface area (Å²) in [6, 6.07) is 27.9. The van der Waals surface area contributed by atoms with E-state index >= 15 is 0 Å². The van der Waals surface area contributed by atoms with Crippen molar-refractivity contribution in [2.24, 2.45) is 5.10 Å². The maximum Gasteiger partial charge on any atom is 0.244 e. The van der Waals surface area contributed by atoms with Gasteiger partial charge in [-0.15, -0.1) is 0 Å². The Bertz CT molecular complexity index is 1190. The smallest absolute Gasteiger partial charge is 0.244 e. The predicted octanol–water partition coefficient (Wildman–Crippen LogP) is 5.33. The number of hydrogen-bond donors (Lipinski definition) is 1. The van der Waals surface area contributed by atoms with Gasteiger partial charge >= 0.3 is 0 Å². The number of aromatic nitrogens is 2. The SMILES string of the molecule is COc1ccc(-c2cc(-c3ccccc3)nc(N/N=C\c3ccc(N(C)C)cc3)n2)cc1. The van der Waals surface area contributed by atoms with Crippen LogP contribution in [0, 0.1) is 0 Å². The van der Waals surface area contributed by atoms with Gasteiger partial charge in [-0.05, 0) is 48.0 Å². The van der Waals surface area contributed by atoms with E-state index in [0.717, 1.165) is 39.5 Å². The molecule has 0 aliphatic carbocycles. The van der Waals surface area contributed by atoms with Crippen molar-refractivity contribution in [3.63, 3.8) is 0 Å². The Morgan fingerprint density at radius 2 is 1.44 bits per heavy atom. The second-order valence-electron chi connectivity index (χ2n) is 7.41. The normalized spacial score (nSPS) is 10.8. The zero-order valence-electron chi connectivity index (χ0n) is 18.4. The van der Waals surface area contributed by atoms with Gasteiger partial charge in [0, 0.05) is 30.9 Å². The number of anilines is 2. The predicted molar refractivity (Wildman–Crippen MR) is 131 cm³/mol. The van der Waals surface area contributed by atoms with Crippen molar-refractivity contribution >= 4 is 17.9 Å². The number of rotatable bonds is 7. The summed E-state index contributed by atoms with van der Waals surface area (Å²) in [5.74, 6) is 1.23. The molecular formula is C26H25N5O. The van der Waals surface area contributed by atoms with E-state index in [2.05, 4.69) is 37.5 Å². The van der Waals surface area contributed by atoms with Gasteiger partial charge < -0.3 is 9.64 Å². The first-order valence-corrected chi connectivity index (χ1v) is 10.3. The molecule has 0 aliphatic heterocycles. The Morgan fingerprint density at radius 3 is 2.03 bits per heavy atom. The van der Waals surface area contributed by atoms with Gasteiger partial charge in [0.25, 0.3) is 0 Å². The summed E-state index contributed by atoms with van der Waals surface area (Å²) in [6.07, 6.45) is 1.76. The molecule has 3 aromatic carbocycles. The molecule has 6 heteroatoms. The maximum atomic E-state index is 5.27. The van der Waals surface area contributed by atoms with E-state index in [0.29, 0.717) is 5.95 Å². The molecule has 0 saturated heterocycles. The van der Waals surface area contributed by atoms with Gasteiger partial charge in [-0.2, -0.15) is 5.10 Å². The summed E-state index contributed by atoms with van der Waals surface area (Å²) in [6.45, 7) is 0. The molecule has 4 aromatic rings. The van der Waals surface area contributed by atoms with Crippen LogP contribution in [0.4, 0.5) is 11.6 Å². The Morgan fingerprint density at radius 1 is 0.812 bits per heavy atom. The van der Waals surface area contributed by atoms with Gasteiger partial charge in [0.05, 0.1) is 24.7 Å². The second kappa shape index (κ2) is 9.75. The van der Waals surface area contributed by atoms with Gasteiger partial charge in [0.1, 0.15) is 5.75 Å². The third-order valence-corrected chi connectivity index (χ3v) is 4.97. The fraction of sp³-hybridized carbons (Fsp3) is 0.115. The molecule has 1 N–H and O–H groups in total. The molecule has 0 atom stereocenters. The molecular weight excluding hydrogens is 398 g/mol. The van der Waals surface area contributed by atoms with Crippen LogP contribution in [0.2, 0.25) is 0 Å². The molecule has 0 spiro atoms. The molecule has 1 heterocycles. The highest BCUT2D eigenvalue weighted by Gasteiger charge is 2.09. The summed E-state index contributed by atoms with van der Waals surface area (Å²) in [5.41, 5.74) is 8.71. The van der Waals surface area contributed by atoms with Crippen LogP contribution in [0.25, 0.3) is 22.5 Å². The number of methoxy groups -OCH3 is 1. The Balaban J connectivity index is 1.62. The number of hydrazone groups is 1. The van der Waals surface area contributed by atoms with Crippen LogP contribution in [-0.2, 0) is 0 Å². The van der Waals surface area contributed by atoms with Crippen molar-refractivity contribution in [3.05, 3.63) is 90.5 Å². The number of hydrogen-bond acceptors (Lipinski definition) is 6. The minimum atomic E-state index is 0.429. The van der Waals surface area contributed by atoms with Crippen molar-refractivity contribution < 1.29 is 4.74 Å². The molecule has 32 heavy (non-hydrogen) atoms. The fourth-order valence-corrected chi connectivity index (χ4v) is 3.19. The molecule has 6 nitrogen and oxygen atoms in total. The zero-order chi connectivity index (χ0) is 22.3. The molecule has 0 fully saturated rings. The lowest BCUT2D eigenvalue weighted by Crippen LogP contribution is -2.08. The lowest BCUT2D eigenvalue weighted by Gasteiger charge is -2.11. The van der Waals surface area contributed by atoms with E-state index in [1.807, 2.05) is 86.9 Å². The van der Waals surface area contributed by atoms with Crippen molar-refractivity contribution in [1.29, 1.82) is 0 Å². The third kappa shape index (κ3) is 5.10. The van der Waals surface area contributed by atoms with Gasteiger partial charge in [-0.3, -0.25) is 0 Å². The number of benzene rings is 3. The maximum absolute atomic E-state index is 5.27. The van der Waals surface area contributed by atoms with Gasteiger partial charge in [0.15, 0.2) is 0 Å². The van der Waals surface area contributed by atoms with Crippen LogP contribution >= 0.6 is 0 Å². The van der Waals surface area contributed by atoms with E-state index in [1.54, 1.807) is 13.3 Å². The average Bonchev–Trinajstić information content (AvgIpc) is 2.85. The first-order chi connectivity index (χ1) is 15.6. The number of nitrogens with one attached hydrogen (secondary N) is 1. The minimum Gasteiger partial charge on any atom is -0.497 e. The van der Waals surface area contributed by atoms with Crippen LogP contribution in [0.5, 0.6) is 5.75 Å². The summed E-state index contributed by atoms with van der Waals surface area (Å²) in [7, 11) is 5.69. The third-order valence-electron chi connectivity index (χ3n) is 4.97. The zero-order valence-corrected chi connectivity index (χ0v) is 18.4. The van der Waals surface area contributed by atoms with E-state index in [9.17, 15) is 0 Å². The van der Waals surface area contributed by atoms with Crippen LogP contribution in [-0.4, -0.2) is 37.4 Å². The molecule has 0 bridgehead atoms. The molecule has 0 radical (unpaired) electrons. The van der Waals surface area contributed by atoms with E-state index in [4.69, 9.17) is 4.74 Å². The topological polar surface area (TPSA) is 62.6 Å². The van der Waals surface area contributed by atoms with Gasteiger partial charge in [-0.25, -0.2) is 15.4 Å². The summed E-state index contributed by atoms with van der Waals surface area (Å²) < 4.78 is 5.27. The summed E-state index contributed by atoms with van der Waals surface area (Å²) >= 11 is 0. The Labute approximate surface area is 188 Å². The van der Waals surface area contributed by atoms with Crippen LogP contribution < -0.4 is 15.1 Å². The monoisotopic (exact) mass is 423 g/mol. The van der Waals surface area contributed by atoms with Crippen molar-refractivity contribution in [3.8, 4) is 28.3 Å². The van der Waals surface area contributed by atoms with Crippen LogP contribution in [0.3, 0.4) is 0 Å². The number of ether oxygens (including phenoxy) is 1. The highest BCUT2D eigenvalue weighted by Crippen LogP contribution is 2.26. The van der Waals surface area contributed by atoms with E-state index < -0.39 is 0 Å². The fourth-order valence-electron chi connectivity index (χ4n) is 3.19. The second-order valence-corrected chi connectivity index (χ2v) is 7.41. The standard InChI is InChI=1S/C26H25N5O/c1-31(2)22-13-9-19(10-14-22)18-27-30-26-28-24(20-7-5-4-6-8-20)17-25(29-26)21-11-15-23(32-3)16-12-21/h4-18H,1-3H3,(H,28,29,30)/b27-18-. The quantitative estimate of drug-likeness (QED) is 0.321. The lowest BCUT2D eigenvalue weighted by molar-refractivity contribution is 0.415. The van der Waals surface area contributed by atoms with Crippen LogP contribution in [0.15, 0.2) is 90.0 Å². The Kier molecular flexibility index (Phi) is 6.41.